The molecule has 0 atom stereocenters. The Balaban J connectivity index is 1.58. The van der Waals surface area contributed by atoms with Crippen LogP contribution in [0.3, 0.4) is 0 Å². The zero-order valence-electron chi connectivity index (χ0n) is 16.8. The van der Waals surface area contributed by atoms with Crippen molar-refractivity contribution in [3.63, 3.8) is 0 Å². The van der Waals surface area contributed by atoms with Crippen molar-refractivity contribution in [1.29, 1.82) is 0 Å². The summed E-state index contributed by atoms with van der Waals surface area (Å²) >= 11 is 1.03. The van der Waals surface area contributed by atoms with E-state index in [4.69, 9.17) is 0 Å². The molecule has 0 saturated heterocycles. The standard InChI is InChI=1S/C22H15F2N5O3S/c23-15-6-8-16(9-7-15)28-21(14-4-2-1-3-5-14)26-27-22(28)33-13-20(30)25-19-12-17(29(31)32)10-11-18(19)24/h1-12H,13H2,(H,25,30). The number of anilines is 1. The van der Waals surface area contributed by atoms with Crippen LogP contribution in [0.15, 0.2) is 78.0 Å². The highest BCUT2D eigenvalue weighted by Gasteiger charge is 2.18. The van der Waals surface area contributed by atoms with Gasteiger partial charge in [-0.1, -0.05) is 42.1 Å². The molecule has 0 spiro atoms. The number of benzene rings is 3. The second-order valence-corrected chi connectivity index (χ2v) is 7.68. The van der Waals surface area contributed by atoms with Crippen molar-refractivity contribution >= 4 is 29.0 Å². The van der Waals surface area contributed by atoms with Gasteiger partial charge in [-0.05, 0) is 30.3 Å². The molecule has 0 aliphatic carbocycles. The van der Waals surface area contributed by atoms with Crippen LogP contribution >= 0.6 is 11.8 Å². The summed E-state index contributed by atoms with van der Waals surface area (Å²) in [6, 6.07) is 17.8. The van der Waals surface area contributed by atoms with Crippen LogP contribution in [0.2, 0.25) is 0 Å². The summed E-state index contributed by atoms with van der Waals surface area (Å²) < 4.78 is 29.1. The molecule has 11 heteroatoms. The Labute approximate surface area is 190 Å². The van der Waals surface area contributed by atoms with Crippen LogP contribution in [0.25, 0.3) is 17.1 Å². The third kappa shape index (κ3) is 5.04. The zero-order valence-corrected chi connectivity index (χ0v) is 17.6. The number of halogens is 2. The van der Waals surface area contributed by atoms with Crippen LogP contribution in [0.1, 0.15) is 0 Å². The van der Waals surface area contributed by atoms with E-state index in [9.17, 15) is 23.7 Å². The Bertz CT molecular complexity index is 1310. The zero-order chi connectivity index (χ0) is 23.4. The minimum absolute atomic E-state index is 0.170. The number of amides is 1. The van der Waals surface area contributed by atoms with Crippen LogP contribution < -0.4 is 5.32 Å². The Morgan fingerprint density at radius 3 is 2.45 bits per heavy atom. The highest BCUT2D eigenvalue weighted by Crippen LogP contribution is 2.28. The van der Waals surface area contributed by atoms with Gasteiger partial charge in [-0.2, -0.15) is 0 Å². The Morgan fingerprint density at radius 1 is 1.03 bits per heavy atom. The van der Waals surface area contributed by atoms with E-state index < -0.39 is 22.5 Å². The van der Waals surface area contributed by atoms with E-state index in [0.29, 0.717) is 16.7 Å². The molecule has 4 aromatic rings. The molecule has 0 aliphatic heterocycles. The maximum atomic E-state index is 14.0. The lowest BCUT2D eigenvalue weighted by Gasteiger charge is -2.11. The van der Waals surface area contributed by atoms with Crippen molar-refractivity contribution in [2.24, 2.45) is 0 Å². The third-order valence-electron chi connectivity index (χ3n) is 4.52. The molecule has 166 valence electrons. The predicted molar refractivity (Wildman–Crippen MR) is 119 cm³/mol. The molecule has 33 heavy (non-hydrogen) atoms. The summed E-state index contributed by atoms with van der Waals surface area (Å²) in [5, 5.41) is 22.0. The maximum absolute atomic E-state index is 14.0. The number of rotatable bonds is 7. The van der Waals surface area contributed by atoms with Gasteiger partial charge in [-0.15, -0.1) is 10.2 Å². The van der Waals surface area contributed by atoms with Crippen LogP contribution in [0.4, 0.5) is 20.2 Å². The minimum Gasteiger partial charge on any atom is -0.323 e. The number of carbonyl (C=O) groups is 1. The second kappa shape index (κ2) is 9.57. The monoisotopic (exact) mass is 467 g/mol. The van der Waals surface area contributed by atoms with Crippen molar-refractivity contribution in [2.75, 3.05) is 11.1 Å². The Kier molecular flexibility index (Phi) is 6.41. The topological polar surface area (TPSA) is 103 Å². The van der Waals surface area contributed by atoms with Crippen molar-refractivity contribution < 1.29 is 18.5 Å². The average molecular weight is 467 g/mol. The molecule has 0 aliphatic rings. The normalized spacial score (nSPS) is 10.7. The molecule has 0 fully saturated rings. The fourth-order valence-corrected chi connectivity index (χ4v) is 3.75. The van der Waals surface area contributed by atoms with Crippen LogP contribution in [-0.4, -0.2) is 31.3 Å². The molecule has 0 radical (unpaired) electrons. The lowest BCUT2D eigenvalue weighted by Crippen LogP contribution is -2.15. The molecular formula is C22H15F2N5O3S. The van der Waals surface area contributed by atoms with Crippen molar-refractivity contribution in [3.8, 4) is 17.1 Å². The summed E-state index contributed by atoms with van der Waals surface area (Å²) in [7, 11) is 0. The molecule has 0 unspecified atom stereocenters. The summed E-state index contributed by atoms with van der Waals surface area (Å²) in [5.41, 5.74) is 0.722. The number of nitrogens with zero attached hydrogens (tertiary/aromatic N) is 4. The van der Waals surface area contributed by atoms with Gasteiger partial charge in [0.2, 0.25) is 5.91 Å². The molecule has 1 N–H and O–H groups in total. The van der Waals surface area contributed by atoms with Crippen molar-refractivity contribution in [3.05, 3.63) is 94.5 Å². The highest BCUT2D eigenvalue weighted by atomic mass is 32.2. The van der Waals surface area contributed by atoms with Crippen molar-refractivity contribution in [2.45, 2.75) is 5.16 Å². The summed E-state index contributed by atoms with van der Waals surface area (Å²) in [5.74, 6) is -1.46. The molecule has 3 aromatic carbocycles. The first-order chi connectivity index (χ1) is 15.9. The lowest BCUT2D eigenvalue weighted by atomic mass is 10.2. The van der Waals surface area contributed by atoms with Gasteiger partial charge in [0, 0.05) is 23.4 Å². The SMILES string of the molecule is O=C(CSc1nnc(-c2ccccc2)n1-c1ccc(F)cc1)Nc1cc([N+](=O)[O-])ccc1F. The Hall–Kier alpha value is -4.12. The van der Waals surface area contributed by atoms with Crippen LogP contribution in [0.5, 0.6) is 0 Å². The molecule has 8 nitrogen and oxygen atoms in total. The average Bonchev–Trinajstić information content (AvgIpc) is 3.24. The van der Waals surface area contributed by atoms with Gasteiger partial charge in [-0.3, -0.25) is 19.5 Å². The highest BCUT2D eigenvalue weighted by molar-refractivity contribution is 7.99. The van der Waals surface area contributed by atoms with Crippen molar-refractivity contribution in [1.82, 2.24) is 14.8 Å². The number of hydrogen-bond acceptors (Lipinski definition) is 6. The lowest BCUT2D eigenvalue weighted by molar-refractivity contribution is -0.384. The molecule has 1 heterocycles. The summed E-state index contributed by atoms with van der Waals surface area (Å²) in [4.78, 5) is 22.6. The van der Waals surface area contributed by atoms with Crippen LogP contribution in [0, 0.1) is 21.7 Å². The van der Waals surface area contributed by atoms with Gasteiger partial charge < -0.3 is 5.32 Å². The molecule has 1 aromatic heterocycles. The summed E-state index contributed by atoms with van der Waals surface area (Å²) in [6.45, 7) is 0. The van der Waals surface area contributed by atoms with E-state index in [-0.39, 0.29) is 17.1 Å². The second-order valence-electron chi connectivity index (χ2n) is 6.74. The first-order valence-electron chi connectivity index (χ1n) is 9.56. The largest absolute Gasteiger partial charge is 0.323 e. The van der Waals surface area contributed by atoms with E-state index in [1.54, 1.807) is 16.7 Å². The van der Waals surface area contributed by atoms with Crippen LogP contribution in [-0.2, 0) is 4.79 Å². The first-order valence-corrected chi connectivity index (χ1v) is 10.5. The van der Waals surface area contributed by atoms with E-state index in [1.807, 2.05) is 30.3 Å². The maximum Gasteiger partial charge on any atom is 0.271 e. The fourth-order valence-electron chi connectivity index (χ4n) is 3.00. The number of carbonyl (C=O) groups excluding carboxylic acids is 1. The van der Waals surface area contributed by atoms with Gasteiger partial charge in [0.25, 0.3) is 5.69 Å². The number of nitro benzene ring substituents is 1. The summed E-state index contributed by atoms with van der Waals surface area (Å²) in [6.07, 6.45) is 0. The predicted octanol–water partition coefficient (Wildman–Crippen LogP) is 4.85. The quantitative estimate of drug-likeness (QED) is 0.237. The molecular weight excluding hydrogens is 452 g/mol. The van der Waals surface area contributed by atoms with E-state index in [0.717, 1.165) is 35.5 Å². The number of hydrogen-bond donors (Lipinski definition) is 1. The first kappa shape index (κ1) is 22.1. The minimum atomic E-state index is -0.792. The fraction of sp³-hybridized carbons (Fsp3) is 0.0455. The van der Waals surface area contributed by atoms with Gasteiger partial charge in [0.1, 0.15) is 11.6 Å². The van der Waals surface area contributed by atoms with E-state index in [1.165, 1.54) is 12.1 Å². The third-order valence-corrected chi connectivity index (χ3v) is 5.45. The number of nitro groups is 1. The molecule has 1 amide bonds. The molecule has 4 rings (SSSR count). The number of nitrogens with one attached hydrogen (secondary N) is 1. The molecule has 0 saturated carbocycles. The van der Waals surface area contributed by atoms with E-state index in [2.05, 4.69) is 15.5 Å². The number of non-ortho nitro benzene ring substituents is 1. The van der Waals surface area contributed by atoms with Gasteiger partial charge in [-0.25, -0.2) is 8.78 Å². The van der Waals surface area contributed by atoms with Gasteiger partial charge in [0.15, 0.2) is 11.0 Å². The molecule has 0 bridgehead atoms. The van der Waals surface area contributed by atoms with E-state index >= 15 is 0 Å². The number of aromatic nitrogens is 3. The van der Waals surface area contributed by atoms with Gasteiger partial charge >= 0.3 is 0 Å². The van der Waals surface area contributed by atoms with Gasteiger partial charge in [0.05, 0.1) is 16.4 Å². The Morgan fingerprint density at radius 2 is 1.76 bits per heavy atom. The number of thioether (sulfide) groups is 1. The smallest absolute Gasteiger partial charge is 0.271 e.